The summed E-state index contributed by atoms with van der Waals surface area (Å²) >= 11 is 0. The van der Waals surface area contributed by atoms with Gasteiger partial charge in [0.25, 0.3) is 0 Å². The summed E-state index contributed by atoms with van der Waals surface area (Å²) in [5.41, 5.74) is 1.94. The molecule has 0 aliphatic rings. The first-order chi connectivity index (χ1) is 3.27. The molecule has 0 aliphatic heterocycles. The molecule has 0 amide bonds. The van der Waals surface area contributed by atoms with Crippen LogP contribution in [0.15, 0.2) is 0 Å². The van der Waals surface area contributed by atoms with Crippen molar-refractivity contribution in [2.45, 2.75) is 13.0 Å². The van der Waals surface area contributed by atoms with Crippen molar-refractivity contribution >= 4 is 0 Å². The van der Waals surface area contributed by atoms with E-state index in [9.17, 15) is 0 Å². The fraction of sp³-hybridized carbons (Fsp3) is 1.00. The molecule has 0 radical (unpaired) electrons. The maximum absolute atomic E-state index is 8.46. The minimum Gasteiger partial charge on any atom is -0.391 e. The molecular formula is C3H10N2O2. The molecule has 0 aromatic carbocycles. The highest BCUT2D eigenvalue weighted by Gasteiger charge is 1.90. The first-order valence-corrected chi connectivity index (χ1v) is 2.03. The Labute approximate surface area is 42.2 Å². The van der Waals surface area contributed by atoms with Crippen molar-refractivity contribution in [3.8, 4) is 0 Å². The second-order valence-electron chi connectivity index (χ2n) is 1.28. The van der Waals surface area contributed by atoms with Gasteiger partial charge in [-0.25, -0.2) is 5.84 Å². The van der Waals surface area contributed by atoms with Crippen LogP contribution < -0.4 is 11.4 Å². The molecule has 0 heterocycles. The molecule has 7 heavy (non-hydrogen) atoms. The van der Waals surface area contributed by atoms with E-state index in [2.05, 4.69) is 4.84 Å². The summed E-state index contributed by atoms with van der Waals surface area (Å²) in [5, 5.41) is 8.46. The van der Waals surface area contributed by atoms with Gasteiger partial charge in [-0.2, -0.15) is 0 Å². The number of hydrazine groups is 1. The Bertz CT molecular complexity index is 39.9. The monoisotopic (exact) mass is 106 g/mol. The van der Waals surface area contributed by atoms with Crippen LogP contribution in [0.2, 0.25) is 0 Å². The summed E-state index contributed by atoms with van der Waals surface area (Å²) in [6.45, 7) is 1.83. The molecule has 4 N–H and O–H groups in total. The van der Waals surface area contributed by atoms with E-state index in [0.29, 0.717) is 0 Å². The standard InChI is InChI=1S/C3H10N2O2/c1-3(6)2-7-5-4/h3,5-6H,2,4H2,1H3. The predicted molar refractivity (Wildman–Crippen MR) is 25.0 cm³/mol. The first-order valence-electron chi connectivity index (χ1n) is 2.03. The topological polar surface area (TPSA) is 67.5 Å². The molecule has 0 saturated heterocycles. The van der Waals surface area contributed by atoms with E-state index in [0.717, 1.165) is 0 Å². The molecule has 0 aliphatic carbocycles. The lowest BCUT2D eigenvalue weighted by molar-refractivity contribution is -0.0131. The van der Waals surface area contributed by atoms with Crippen molar-refractivity contribution in [3.63, 3.8) is 0 Å². The summed E-state index contributed by atoms with van der Waals surface area (Å²) in [5.74, 6) is 4.69. The molecule has 0 bridgehead atoms. The Morgan fingerprint density at radius 3 is 2.71 bits per heavy atom. The van der Waals surface area contributed by atoms with E-state index in [1.807, 2.05) is 5.59 Å². The molecule has 0 spiro atoms. The summed E-state index contributed by atoms with van der Waals surface area (Å²) in [6, 6.07) is 0. The average molecular weight is 106 g/mol. The lowest BCUT2D eigenvalue weighted by atomic mass is 10.5. The van der Waals surface area contributed by atoms with Crippen molar-refractivity contribution in [2.75, 3.05) is 6.61 Å². The molecule has 44 valence electrons. The van der Waals surface area contributed by atoms with Crippen molar-refractivity contribution < 1.29 is 9.94 Å². The van der Waals surface area contributed by atoms with Crippen LogP contribution in [0, 0.1) is 0 Å². The number of hydrogen-bond donors (Lipinski definition) is 3. The van der Waals surface area contributed by atoms with Gasteiger partial charge in [-0.15, -0.1) is 5.59 Å². The Balaban J connectivity index is 2.68. The van der Waals surface area contributed by atoms with Gasteiger partial charge in [-0.3, -0.25) is 4.84 Å². The molecular weight excluding hydrogens is 96.0 g/mol. The Morgan fingerprint density at radius 2 is 2.57 bits per heavy atom. The smallest absolute Gasteiger partial charge is 0.0955 e. The molecule has 0 fully saturated rings. The Kier molecular flexibility index (Phi) is 3.92. The molecule has 4 heteroatoms. The molecule has 0 aromatic heterocycles. The second-order valence-corrected chi connectivity index (χ2v) is 1.28. The highest BCUT2D eigenvalue weighted by Crippen LogP contribution is 1.75. The zero-order valence-electron chi connectivity index (χ0n) is 4.22. The highest BCUT2D eigenvalue weighted by atomic mass is 16.7. The largest absolute Gasteiger partial charge is 0.391 e. The van der Waals surface area contributed by atoms with Crippen molar-refractivity contribution in [3.05, 3.63) is 0 Å². The van der Waals surface area contributed by atoms with Crippen LogP contribution in [-0.2, 0) is 4.84 Å². The van der Waals surface area contributed by atoms with E-state index >= 15 is 0 Å². The Morgan fingerprint density at radius 1 is 2.00 bits per heavy atom. The maximum atomic E-state index is 8.46. The minimum absolute atomic E-state index is 0.219. The van der Waals surface area contributed by atoms with E-state index in [4.69, 9.17) is 10.9 Å². The fourth-order valence-corrected chi connectivity index (χ4v) is 0.169. The van der Waals surface area contributed by atoms with Gasteiger partial charge in [0.2, 0.25) is 0 Å². The van der Waals surface area contributed by atoms with Gasteiger partial charge in [0, 0.05) is 0 Å². The van der Waals surface area contributed by atoms with Crippen LogP contribution in [0.5, 0.6) is 0 Å². The zero-order chi connectivity index (χ0) is 5.70. The highest BCUT2D eigenvalue weighted by molar-refractivity contribution is 4.36. The molecule has 0 saturated carbocycles. The second kappa shape index (κ2) is 4.01. The summed E-state index contributed by atoms with van der Waals surface area (Å²) < 4.78 is 0. The summed E-state index contributed by atoms with van der Waals surface area (Å²) in [7, 11) is 0. The quantitative estimate of drug-likeness (QED) is 0.311. The van der Waals surface area contributed by atoms with E-state index in [1.54, 1.807) is 6.92 Å². The molecule has 0 rings (SSSR count). The zero-order valence-corrected chi connectivity index (χ0v) is 4.22. The van der Waals surface area contributed by atoms with Gasteiger partial charge in [0.15, 0.2) is 0 Å². The third-order valence-electron chi connectivity index (χ3n) is 0.408. The Hall–Kier alpha value is -0.160. The molecule has 1 unspecified atom stereocenters. The van der Waals surface area contributed by atoms with E-state index in [1.165, 1.54) is 0 Å². The number of hydrogen-bond acceptors (Lipinski definition) is 4. The van der Waals surface area contributed by atoms with E-state index in [-0.39, 0.29) is 6.61 Å². The van der Waals surface area contributed by atoms with Crippen LogP contribution >= 0.6 is 0 Å². The number of aliphatic hydroxyl groups is 1. The maximum Gasteiger partial charge on any atom is 0.0955 e. The van der Waals surface area contributed by atoms with Crippen molar-refractivity contribution in [1.82, 2.24) is 5.59 Å². The van der Waals surface area contributed by atoms with Crippen molar-refractivity contribution in [1.29, 1.82) is 0 Å². The molecule has 0 aromatic rings. The SMILES string of the molecule is CC(O)CONN. The van der Waals surface area contributed by atoms with Crippen LogP contribution in [0.4, 0.5) is 0 Å². The molecule has 1 atom stereocenters. The normalized spacial score (nSPS) is 14.1. The summed E-state index contributed by atoms with van der Waals surface area (Å²) in [4.78, 5) is 4.37. The van der Waals surface area contributed by atoms with Gasteiger partial charge >= 0.3 is 0 Å². The number of nitrogens with one attached hydrogen (secondary N) is 1. The lowest BCUT2D eigenvalue weighted by Gasteiger charge is -2.00. The van der Waals surface area contributed by atoms with Crippen LogP contribution in [-0.4, -0.2) is 17.8 Å². The fourth-order valence-electron chi connectivity index (χ4n) is 0.169. The van der Waals surface area contributed by atoms with Crippen LogP contribution in [0.1, 0.15) is 6.92 Å². The van der Waals surface area contributed by atoms with Gasteiger partial charge in [-0.1, -0.05) is 0 Å². The molecule has 4 nitrogen and oxygen atoms in total. The minimum atomic E-state index is -0.462. The van der Waals surface area contributed by atoms with Crippen molar-refractivity contribution in [2.24, 2.45) is 5.84 Å². The van der Waals surface area contributed by atoms with E-state index < -0.39 is 6.10 Å². The number of aliphatic hydroxyl groups excluding tert-OH is 1. The van der Waals surface area contributed by atoms with Gasteiger partial charge < -0.3 is 5.11 Å². The first kappa shape index (κ1) is 6.84. The third-order valence-corrected chi connectivity index (χ3v) is 0.408. The average Bonchev–Trinajstić information content (AvgIpc) is 1.61. The van der Waals surface area contributed by atoms with Crippen LogP contribution in [0.3, 0.4) is 0 Å². The van der Waals surface area contributed by atoms with Crippen LogP contribution in [0.25, 0.3) is 0 Å². The predicted octanol–water partition coefficient (Wildman–Crippen LogP) is -1.24. The number of rotatable bonds is 3. The number of nitrogens with two attached hydrogens (primary N) is 1. The van der Waals surface area contributed by atoms with Gasteiger partial charge in [0.05, 0.1) is 12.7 Å². The summed E-state index contributed by atoms with van der Waals surface area (Å²) in [6.07, 6.45) is -0.462. The van der Waals surface area contributed by atoms with Gasteiger partial charge in [-0.05, 0) is 6.92 Å². The van der Waals surface area contributed by atoms with Gasteiger partial charge in [0.1, 0.15) is 0 Å². The lowest BCUT2D eigenvalue weighted by Crippen LogP contribution is -2.26. The third kappa shape index (κ3) is 5.84.